The first-order valence-electron chi connectivity index (χ1n) is 6.06. The lowest BCUT2D eigenvalue weighted by Crippen LogP contribution is -1.99. The van der Waals surface area contributed by atoms with E-state index in [2.05, 4.69) is 9.97 Å². The summed E-state index contributed by atoms with van der Waals surface area (Å²) in [6.07, 6.45) is 1.60. The number of halogens is 2. The van der Waals surface area contributed by atoms with Crippen LogP contribution in [-0.4, -0.2) is 9.97 Å². The summed E-state index contributed by atoms with van der Waals surface area (Å²) in [7, 11) is 0. The minimum atomic E-state index is -0.394. The first kappa shape index (κ1) is 13.7. The molecule has 0 unspecified atom stereocenters. The molecule has 0 fully saturated rings. The molecule has 0 aliphatic rings. The fraction of sp³-hybridized carbons (Fsp3) is 0.286. The molecular formula is C14H14ClFN2O. The lowest BCUT2D eigenvalue weighted by Gasteiger charge is -2.08. The molecular weight excluding hydrogens is 267 g/mol. The molecule has 0 amide bonds. The van der Waals surface area contributed by atoms with Gasteiger partial charge in [0.15, 0.2) is 11.6 Å². The molecule has 2 rings (SSSR count). The Balaban J connectivity index is 2.30. The topological polar surface area (TPSA) is 35.0 Å². The summed E-state index contributed by atoms with van der Waals surface area (Å²) in [5, 5.41) is 0.293. The Morgan fingerprint density at radius 3 is 2.84 bits per heavy atom. The van der Waals surface area contributed by atoms with E-state index < -0.39 is 5.82 Å². The maximum absolute atomic E-state index is 13.8. The Hall–Kier alpha value is -1.68. The monoisotopic (exact) mass is 280 g/mol. The Kier molecular flexibility index (Phi) is 4.32. The zero-order valence-corrected chi connectivity index (χ0v) is 11.5. The Labute approximate surface area is 116 Å². The van der Waals surface area contributed by atoms with Crippen molar-refractivity contribution < 1.29 is 9.13 Å². The van der Waals surface area contributed by atoms with Crippen molar-refractivity contribution >= 4 is 11.6 Å². The van der Waals surface area contributed by atoms with Crippen LogP contribution in [0.5, 0.6) is 11.6 Å². The maximum Gasteiger partial charge on any atom is 0.224 e. The van der Waals surface area contributed by atoms with Gasteiger partial charge in [-0.3, -0.25) is 0 Å². The second kappa shape index (κ2) is 5.97. The molecule has 2 aromatic rings. The smallest absolute Gasteiger partial charge is 0.224 e. The number of rotatable bonds is 4. The van der Waals surface area contributed by atoms with Crippen molar-refractivity contribution in [2.24, 2.45) is 0 Å². The lowest BCUT2D eigenvalue weighted by molar-refractivity contribution is 0.422. The van der Waals surface area contributed by atoms with Gasteiger partial charge in [0, 0.05) is 12.5 Å². The van der Waals surface area contributed by atoms with E-state index in [1.165, 1.54) is 6.07 Å². The number of ether oxygens (including phenoxy) is 1. The molecule has 0 aliphatic heterocycles. The molecule has 0 saturated carbocycles. The van der Waals surface area contributed by atoms with Crippen LogP contribution in [-0.2, 0) is 6.42 Å². The first-order chi connectivity index (χ1) is 9.10. The normalized spacial score (nSPS) is 10.5. The summed E-state index contributed by atoms with van der Waals surface area (Å²) in [6, 6.07) is 6.43. The number of hydrogen-bond acceptors (Lipinski definition) is 3. The zero-order chi connectivity index (χ0) is 13.8. The minimum absolute atomic E-state index is 0.136. The molecule has 0 spiro atoms. The SMILES string of the molecule is CCCc1nc(Cl)cc(Oc2cccc(C)c2F)n1. The molecule has 100 valence electrons. The summed E-state index contributed by atoms with van der Waals surface area (Å²) in [5.41, 5.74) is 0.520. The van der Waals surface area contributed by atoms with Gasteiger partial charge in [0.25, 0.3) is 0 Å². The van der Waals surface area contributed by atoms with Crippen molar-refractivity contribution in [2.75, 3.05) is 0 Å². The van der Waals surface area contributed by atoms with Crippen molar-refractivity contribution in [3.05, 3.63) is 46.6 Å². The van der Waals surface area contributed by atoms with Gasteiger partial charge >= 0.3 is 0 Å². The van der Waals surface area contributed by atoms with Crippen molar-refractivity contribution in [1.29, 1.82) is 0 Å². The van der Waals surface area contributed by atoms with Crippen molar-refractivity contribution in [3.63, 3.8) is 0 Å². The third-order valence-electron chi connectivity index (χ3n) is 2.56. The van der Waals surface area contributed by atoms with Gasteiger partial charge in [0.05, 0.1) is 0 Å². The number of nitrogens with zero attached hydrogens (tertiary/aromatic N) is 2. The molecule has 0 radical (unpaired) electrons. The highest BCUT2D eigenvalue weighted by atomic mass is 35.5. The van der Waals surface area contributed by atoms with E-state index in [0.717, 1.165) is 6.42 Å². The predicted molar refractivity (Wildman–Crippen MR) is 72.2 cm³/mol. The fourth-order valence-corrected chi connectivity index (χ4v) is 1.83. The molecule has 1 aromatic heterocycles. The second-order valence-electron chi connectivity index (χ2n) is 4.18. The van der Waals surface area contributed by atoms with Crippen LogP contribution in [0.3, 0.4) is 0 Å². The van der Waals surface area contributed by atoms with Crippen LogP contribution in [0.15, 0.2) is 24.3 Å². The third-order valence-corrected chi connectivity index (χ3v) is 2.76. The van der Waals surface area contributed by atoms with E-state index >= 15 is 0 Å². The van der Waals surface area contributed by atoms with Gasteiger partial charge in [-0.15, -0.1) is 0 Å². The van der Waals surface area contributed by atoms with Crippen LogP contribution < -0.4 is 4.74 Å². The average molecular weight is 281 g/mol. The van der Waals surface area contributed by atoms with Crippen molar-refractivity contribution in [1.82, 2.24) is 9.97 Å². The molecule has 0 N–H and O–H groups in total. The molecule has 0 atom stereocenters. The van der Waals surface area contributed by atoms with E-state index in [1.807, 2.05) is 6.92 Å². The Morgan fingerprint density at radius 2 is 2.11 bits per heavy atom. The van der Waals surface area contributed by atoms with Crippen molar-refractivity contribution in [2.45, 2.75) is 26.7 Å². The van der Waals surface area contributed by atoms with E-state index in [-0.39, 0.29) is 11.6 Å². The molecule has 19 heavy (non-hydrogen) atoms. The van der Waals surface area contributed by atoms with Crippen LogP contribution in [0.4, 0.5) is 4.39 Å². The van der Waals surface area contributed by atoms with E-state index in [4.69, 9.17) is 16.3 Å². The summed E-state index contributed by atoms with van der Waals surface area (Å²) >= 11 is 5.90. The number of benzene rings is 1. The maximum atomic E-state index is 13.8. The van der Waals surface area contributed by atoms with Gasteiger partial charge in [-0.1, -0.05) is 30.7 Å². The van der Waals surface area contributed by atoms with Gasteiger partial charge in [-0.2, -0.15) is 4.98 Å². The molecule has 3 nitrogen and oxygen atoms in total. The van der Waals surface area contributed by atoms with Gasteiger partial charge in [-0.25, -0.2) is 9.37 Å². The third kappa shape index (κ3) is 3.41. The van der Waals surface area contributed by atoms with Gasteiger partial charge < -0.3 is 4.74 Å². The Bertz CT molecular complexity index is 590. The largest absolute Gasteiger partial charge is 0.436 e. The van der Waals surface area contributed by atoms with Crippen LogP contribution in [0.25, 0.3) is 0 Å². The van der Waals surface area contributed by atoms with Gasteiger partial charge in [-0.05, 0) is 25.0 Å². The number of hydrogen-bond donors (Lipinski definition) is 0. The van der Waals surface area contributed by atoms with Crippen molar-refractivity contribution in [3.8, 4) is 11.6 Å². The number of aryl methyl sites for hydroxylation is 2. The number of aromatic nitrogens is 2. The van der Waals surface area contributed by atoms with Gasteiger partial charge in [0.2, 0.25) is 5.88 Å². The van der Waals surface area contributed by atoms with E-state index in [9.17, 15) is 4.39 Å². The highest BCUT2D eigenvalue weighted by Crippen LogP contribution is 2.26. The Morgan fingerprint density at radius 1 is 1.32 bits per heavy atom. The molecule has 1 aromatic carbocycles. The first-order valence-corrected chi connectivity index (χ1v) is 6.44. The standard InChI is InChI=1S/C14H14ClFN2O/c1-3-5-12-17-11(15)8-13(18-12)19-10-7-4-6-9(2)14(10)16/h4,6-8H,3,5H2,1-2H3. The highest BCUT2D eigenvalue weighted by molar-refractivity contribution is 6.29. The summed E-state index contributed by atoms with van der Waals surface area (Å²) in [4.78, 5) is 8.29. The van der Waals surface area contributed by atoms with Crippen LogP contribution in [0.1, 0.15) is 24.7 Å². The quantitative estimate of drug-likeness (QED) is 0.782. The second-order valence-corrected chi connectivity index (χ2v) is 4.57. The molecule has 0 saturated heterocycles. The van der Waals surface area contributed by atoms with Crippen LogP contribution in [0, 0.1) is 12.7 Å². The van der Waals surface area contributed by atoms with E-state index in [1.54, 1.807) is 25.1 Å². The minimum Gasteiger partial charge on any atom is -0.436 e. The lowest BCUT2D eigenvalue weighted by atomic mass is 10.2. The summed E-state index contributed by atoms with van der Waals surface area (Å²) in [5.74, 6) is 0.595. The zero-order valence-electron chi connectivity index (χ0n) is 10.8. The van der Waals surface area contributed by atoms with Crippen LogP contribution >= 0.6 is 11.6 Å². The molecule has 1 heterocycles. The fourth-order valence-electron chi connectivity index (χ4n) is 1.64. The summed E-state index contributed by atoms with van der Waals surface area (Å²) in [6.45, 7) is 3.70. The molecule has 5 heteroatoms. The highest BCUT2D eigenvalue weighted by Gasteiger charge is 2.10. The average Bonchev–Trinajstić information content (AvgIpc) is 2.35. The van der Waals surface area contributed by atoms with Crippen LogP contribution in [0.2, 0.25) is 5.15 Å². The predicted octanol–water partition coefficient (Wildman–Crippen LogP) is 4.32. The summed E-state index contributed by atoms with van der Waals surface area (Å²) < 4.78 is 19.3. The molecule has 0 bridgehead atoms. The van der Waals surface area contributed by atoms with Gasteiger partial charge in [0.1, 0.15) is 11.0 Å². The van der Waals surface area contributed by atoms with E-state index in [0.29, 0.717) is 23.0 Å². The molecule has 0 aliphatic carbocycles.